The van der Waals surface area contributed by atoms with Gasteiger partial charge >= 0.3 is 0 Å². The Balaban J connectivity index is 1.83. The molecule has 0 radical (unpaired) electrons. The summed E-state index contributed by atoms with van der Waals surface area (Å²) in [4.78, 5) is 22.2. The lowest BCUT2D eigenvalue weighted by Gasteiger charge is -2.37. The van der Waals surface area contributed by atoms with Gasteiger partial charge in [0.2, 0.25) is 0 Å². The van der Waals surface area contributed by atoms with Crippen LogP contribution in [0.2, 0.25) is 0 Å². The highest BCUT2D eigenvalue weighted by Crippen LogP contribution is 2.32. The van der Waals surface area contributed by atoms with Crippen LogP contribution in [-0.2, 0) is 6.42 Å². The number of thiazole rings is 1. The fourth-order valence-electron chi connectivity index (χ4n) is 2.61. The number of rotatable bonds is 1. The van der Waals surface area contributed by atoms with Gasteiger partial charge in [0.25, 0.3) is 0 Å². The lowest BCUT2D eigenvalue weighted by molar-refractivity contribution is 0.0976. The number of hydrogen-bond acceptors (Lipinski definition) is 5. The summed E-state index contributed by atoms with van der Waals surface area (Å²) in [5, 5.41) is 1.05. The van der Waals surface area contributed by atoms with Crippen LogP contribution in [0.5, 0.6) is 0 Å². The van der Waals surface area contributed by atoms with E-state index in [1.807, 2.05) is 0 Å². The van der Waals surface area contributed by atoms with Crippen LogP contribution in [0.3, 0.4) is 0 Å². The quantitative estimate of drug-likeness (QED) is 0.776. The number of ketones is 1. The summed E-state index contributed by atoms with van der Waals surface area (Å²) in [6.45, 7) is 5.34. The summed E-state index contributed by atoms with van der Waals surface area (Å²) in [6, 6.07) is 0.551. The molecule has 1 unspecified atom stereocenters. The number of anilines is 1. The van der Waals surface area contributed by atoms with E-state index in [2.05, 4.69) is 28.8 Å². The lowest BCUT2D eigenvalue weighted by atomic mass is 10.0. The molecule has 1 aromatic rings. The number of Topliss-reactive ketones (excluding diaryl/α,β-unsaturated/α-hetero) is 1. The molecule has 0 spiro atoms. The van der Waals surface area contributed by atoms with Crippen molar-refractivity contribution in [2.75, 3.05) is 31.6 Å². The van der Waals surface area contributed by atoms with Gasteiger partial charge in [-0.1, -0.05) is 11.3 Å². The van der Waals surface area contributed by atoms with Crippen LogP contribution in [0.15, 0.2) is 0 Å². The SMILES string of the molecule is CC1CN(c2nc3c(s2)C(=O)CCC3)CCN1C. The molecule has 0 aromatic carbocycles. The summed E-state index contributed by atoms with van der Waals surface area (Å²) >= 11 is 1.60. The Morgan fingerprint density at radius 3 is 2.89 bits per heavy atom. The van der Waals surface area contributed by atoms with Gasteiger partial charge in [-0.15, -0.1) is 0 Å². The highest BCUT2D eigenvalue weighted by Gasteiger charge is 2.27. The van der Waals surface area contributed by atoms with Crippen molar-refractivity contribution in [2.24, 2.45) is 0 Å². The highest BCUT2D eigenvalue weighted by molar-refractivity contribution is 7.17. The fourth-order valence-corrected chi connectivity index (χ4v) is 3.73. The first kappa shape index (κ1) is 12.1. The molecule has 1 aliphatic carbocycles. The first-order valence-electron chi connectivity index (χ1n) is 6.63. The van der Waals surface area contributed by atoms with E-state index >= 15 is 0 Å². The molecule has 3 rings (SSSR count). The van der Waals surface area contributed by atoms with Crippen LogP contribution < -0.4 is 4.90 Å². The molecule has 0 N–H and O–H groups in total. The third-order valence-electron chi connectivity index (χ3n) is 3.99. The smallest absolute Gasteiger partial charge is 0.186 e. The number of aromatic nitrogens is 1. The van der Waals surface area contributed by atoms with E-state index in [0.29, 0.717) is 18.2 Å². The van der Waals surface area contributed by atoms with Crippen molar-refractivity contribution in [3.05, 3.63) is 10.6 Å². The Morgan fingerprint density at radius 1 is 1.33 bits per heavy atom. The normalized spacial score (nSPS) is 25.3. The Kier molecular flexibility index (Phi) is 3.11. The molecular weight excluding hydrogens is 246 g/mol. The molecule has 1 fully saturated rings. The van der Waals surface area contributed by atoms with Crippen LogP contribution in [0.1, 0.15) is 35.1 Å². The van der Waals surface area contributed by atoms with Crippen molar-refractivity contribution >= 4 is 22.3 Å². The molecule has 2 heterocycles. The number of carbonyl (C=O) groups is 1. The zero-order valence-corrected chi connectivity index (χ0v) is 11.8. The molecular formula is C13H19N3OS. The second-order valence-corrected chi connectivity index (χ2v) is 6.30. The van der Waals surface area contributed by atoms with Crippen molar-refractivity contribution in [3.8, 4) is 0 Å². The number of likely N-dealkylation sites (N-methyl/N-ethyl adjacent to an activating group) is 1. The van der Waals surface area contributed by atoms with Gasteiger partial charge in [0.05, 0.1) is 10.6 Å². The van der Waals surface area contributed by atoms with Crippen LogP contribution in [0.4, 0.5) is 5.13 Å². The van der Waals surface area contributed by atoms with E-state index in [0.717, 1.165) is 48.2 Å². The zero-order chi connectivity index (χ0) is 12.7. The van der Waals surface area contributed by atoms with Gasteiger partial charge in [-0.3, -0.25) is 4.79 Å². The lowest BCUT2D eigenvalue weighted by Crippen LogP contribution is -2.50. The van der Waals surface area contributed by atoms with Gasteiger partial charge in [-0.05, 0) is 26.8 Å². The van der Waals surface area contributed by atoms with E-state index in [-0.39, 0.29) is 0 Å². The maximum absolute atomic E-state index is 11.8. The fraction of sp³-hybridized carbons (Fsp3) is 0.692. The van der Waals surface area contributed by atoms with Gasteiger partial charge in [0.15, 0.2) is 10.9 Å². The zero-order valence-electron chi connectivity index (χ0n) is 11.0. The topological polar surface area (TPSA) is 36.4 Å². The first-order valence-corrected chi connectivity index (χ1v) is 7.45. The summed E-state index contributed by atoms with van der Waals surface area (Å²) < 4.78 is 0. The van der Waals surface area contributed by atoms with Crippen molar-refractivity contribution in [1.82, 2.24) is 9.88 Å². The molecule has 2 aliphatic rings. The van der Waals surface area contributed by atoms with E-state index in [9.17, 15) is 4.79 Å². The van der Waals surface area contributed by atoms with Crippen molar-refractivity contribution in [3.63, 3.8) is 0 Å². The molecule has 4 nitrogen and oxygen atoms in total. The standard InChI is InChI=1S/C13H19N3OS/c1-9-8-16(7-6-15(9)2)13-14-10-4-3-5-11(17)12(10)18-13/h9H,3-8H2,1-2H3. The molecule has 0 saturated carbocycles. The average molecular weight is 265 g/mol. The van der Waals surface area contributed by atoms with E-state index in [4.69, 9.17) is 0 Å². The Hall–Kier alpha value is -0.940. The summed E-state index contributed by atoms with van der Waals surface area (Å²) in [7, 11) is 2.17. The second-order valence-electron chi connectivity index (χ2n) is 5.32. The van der Waals surface area contributed by atoms with Gasteiger partial charge in [-0.2, -0.15) is 0 Å². The number of aryl methyl sites for hydroxylation is 1. The number of hydrogen-bond donors (Lipinski definition) is 0. The average Bonchev–Trinajstić information content (AvgIpc) is 2.78. The predicted molar refractivity (Wildman–Crippen MR) is 73.7 cm³/mol. The Morgan fingerprint density at radius 2 is 2.17 bits per heavy atom. The molecule has 5 heteroatoms. The first-order chi connectivity index (χ1) is 8.65. The van der Waals surface area contributed by atoms with Crippen LogP contribution in [-0.4, -0.2) is 48.4 Å². The van der Waals surface area contributed by atoms with Crippen LogP contribution in [0.25, 0.3) is 0 Å². The number of nitrogens with zero attached hydrogens (tertiary/aromatic N) is 3. The predicted octanol–water partition coefficient (Wildman–Crippen LogP) is 1.80. The third-order valence-corrected chi connectivity index (χ3v) is 5.19. The second kappa shape index (κ2) is 4.63. The largest absolute Gasteiger partial charge is 0.345 e. The van der Waals surface area contributed by atoms with Gasteiger partial charge in [0.1, 0.15) is 0 Å². The van der Waals surface area contributed by atoms with E-state index < -0.39 is 0 Å². The maximum Gasteiger partial charge on any atom is 0.186 e. The van der Waals surface area contributed by atoms with Gasteiger partial charge in [-0.25, -0.2) is 4.98 Å². The van der Waals surface area contributed by atoms with Crippen molar-refractivity contribution < 1.29 is 4.79 Å². The maximum atomic E-state index is 11.8. The van der Waals surface area contributed by atoms with E-state index in [1.165, 1.54) is 0 Å². The molecule has 18 heavy (non-hydrogen) atoms. The summed E-state index contributed by atoms with van der Waals surface area (Å²) in [5.41, 5.74) is 1.04. The number of piperazine rings is 1. The summed E-state index contributed by atoms with van der Waals surface area (Å²) in [6.07, 6.45) is 2.64. The molecule has 1 saturated heterocycles. The van der Waals surface area contributed by atoms with Crippen molar-refractivity contribution in [2.45, 2.75) is 32.2 Å². The summed E-state index contributed by atoms with van der Waals surface area (Å²) in [5.74, 6) is 0.294. The minimum absolute atomic E-state index is 0.294. The number of fused-ring (bicyclic) bond motifs is 1. The minimum atomic E-state index is 0.294. The monoisotopic (exact) mass is 265 g/mol. The minimum Gasteiger partial charge on any atom is -0.345 e. The van der Waals surface area contributed by atoms with Gasteiger partial charge in [0, 0.05) is 32.1 Å². The third kappa shape index (κ3) is 2.06. The van der Waals surface area contributed by atoms with Crippen LogP contribution in [0, 0.1) is 0 Å². The molecule has 1 atom stereocenters. The molecule has 98 valence electrons. The molecule has 1 aliphatic heterocycles. The highest BCUT2D eigenvalue weighted by atomic mass is 32.1. The molecule has 1 aromatic heterocycles. The molecule has 0 bridgehead atoms. The van der Waals surface area contributed by atoms with Gasteiger partial charge < -0.3 is 9.80 Å². The molecule has 0 amide bonds. The van der Waals surface area contributed by atoms with Crippen molar-refractivity contribution in [1.29, 1.82) is 0 Å². The van der Waals surface area contributed by atoms with Crippen LogP contribution >= 0.6 is 11.3 Å². The number of carbonyl (C=O) groups excluding carboxylic acids is 1. The van der Waals surface area contributed by atoms with E-state index in [1.54, 1.807) is 11.3 Å². The Bertz CT molecular complexity index is 471. The Labute approximate surface area is 112 Å².